The minimum Gasteiger partial charge on any atom is -0.325 e. The average molecular weight is 324 g/mol. The number of nitrogens with one attached hydrogen (secondary N) is 3. The molecule has 0 spiro atoms. The lowest BCUT2D eigenvalue weighted by Gasteiger charge is -2.11. The first-order chi connectivity index (χ1) is 9.27. The van der Waals surface area contributed by atoms with Crippen LogP contribution in [0, 0.1) is 5.82 Å². The second-order valence-electron chi connectivity index (χ2n) is 3.94. The highest BCUT2D eigenvalue weighted by Gasteiger charge is 2.21. The molecule has 0 saturated heterocycles. The Labute approximate surface area is 121 Å². The van der Waals surface area contributed by atoms with E-state index in [9.17, 15) is 17.6 Å². The van der Waals surface area contributed by atoms with Gasteiger partial charge in [-0.3, -0.25) is 4.79 Å². The zero-order chi connectivity index (χ0) is 15.3. The predicted octanol–water partition coefficient (Wildman–Crippen LogP) is 0.935. The van der Waals surface area contributed by atoms with Gasteiger partial charge < -0.3 is 10.6 Å². The fourth-order valence-electron chi connectivity index (χ4n) is 1.41. The summed E-state index contributed by atoms with van der Waals surface area (Å²) in [5.41, 5.74) is 0.0193. The maximum atomic E-state index is 13.8. The Kier molecular flexibility index (Phi) is 5.88. The van der Waals surface area contributed by atoms with Crippen molar-refractivity contribution in [2.75, 3.05) is 25.5 Å². The monoisotopic (exact) mass is 323 g/mol. The third-order valence-corrected chi connectivity index (χ3v) is 4.08. The number of amides is 1. The number of anilines is 1. The minimum atomic E-state index is -3.99. The molecule has 1 aromatic rings. The number of sulfonamides is 1. The van der Waals surface area contributed by atoms with Crippen molar-refractivity contribution in [3.05, 3.63) is 23.0 Å². The highest BCUT2D eigenvalue weighted by Crippen LogP contribution is 2.27. The molecule has 0 unspecified atom stereocenters. The number of carbonyl (C=O) groups excluding carboxylic acids is 1. The maximum Gasteiger partial charge on any atom is 0.243 e. The summed E-state index contributed by atoms with van der Waals surface area (Å²) in [6.07, 6.45) is 0. The quantitative estimate of drug-likeness (QED) is 0.680. The highest BCUT2D eigenvalue weighted by atomic mass is 35.5. The SMILES string of the molecule is CNCCNS(=O)(=O)c1cc(Cl)c(NC(C)=O)cc1F. The molecule has 0 heterocycles. The van der Waals surface area contributed by atoms with E-state index >= 15 is 0 Å². The molecule has 6 nitrogen and oxygen atoms in total. The molecule has 9 heteroatoms. The summed E-state index contributed by atoms with van der Waals surface area (Å²) in [7, 11) is -2.33. The molecule has 3 N–H and O–H groups in total. The first kappa shape index (κ1) is 16.8. The summed E-state index contributed by atoms with van der Waals surface area (Å²) < 4.78 is 39.8. The molecular formula is C11H15ClFN3O3S. The van der Waals surface area contributed by atoms with E-state index in [4.69, 9.17) is 11.6 Å². The van der Waals surface area contributed by atoms with E-state index in [0.717, 1.165) is 12.1 Å². The molecule has 20 heavy (non-hydrogen) atoms. The minimum absolute atomic E-state index is 0.0193. The Hall–Kier alpha value is -1.22. The van der Waals surface area contributed by atoms with Gasteiger partial charge in [0.25, 0.3) is 0 Å². The second kappa shape index (κ2) is 6.98. The molecule has 0 aromatic heterocycles. The Balaban J connectivity index is 3.08. The van der Waals surface area contributed by atoms with Crippen molar-refractivity contribution >= 4 is 33.2 Å². The Morgan fingerprint density at radius 1 is 1.35 bits per heavy atom. The normalized spacial score (nSPS) is 11.4. The molecule has 0 saturated carbocycles. The molecule has 1 amide bonds. The van der Waals surface area contributed by atoms with Gasteiger partial charge in [-0.1, -0.05) is 11.6 Å². The zero-order valence-electron chi connectivity index (χ0n) is 11.0. The van der Waals surface area contributed by atoms with Crippen LogP contribution in [-0.4, -0.2) is 34.5 Å². The van der Waals surface area contributed by atoms with E-state index in [-0.39, 0.29) is 17.3 Å². The van der Waals surface area contributed by atoms with Crippen LogP contribution in [0.5, 0.6) is 0 Å². The fourth-order valence-corrected chi connectivity index (χ4v) is 2.80. The van der Waals surface area contributed by atoms with Crippen molar-refractivity contribution < 1.29 is 17.6 Å². The van der Waals surface area contributed by atoms with Crippen molar-refractivity contribution in [2.45, 2.75) is 11.8 Å². The zero-order valence-corrected chi connectivity index (χ0v) is 12.5. The number of likely N-dealkylation sites (N-methyl/N-ethyl adjacent to an activating group) is 1. The van der Waals surface area contributed by atoms with Crippen LogP contribution in [0.1, 0.15) is 6.92 Å². The molecule has 0 bridgehead atoms. The summed E-state index contributed by atoms with van der Waals surface area (Å²) in [6, 6.07) is 1.83. The molecule has 0 radical (unpaired) electrons. The van der Waals surface area contributed by atoms with E-state index in [1.807, 2.05) is 0 Å². The second-order valence-corrected chi connectivity index (χ2v) is 6.09. The topological polar surface area (TPSA) is 87.3 Å². The lowest BCUT2D eigenvalue weighted by atomic mass is 10.3. The van der Waals surface area contributed by atoms with Crippen LogP contribution in [0.2, 0.25) is 5.02 Å². The molecule has 0 fully saturated rings. The van der Waals surface area contributed by atoms with Gasteiger partial charge in [0, 0.05) is 26.1 Å². The Morgan fingerprint density at radius 3 is 2.55 bits per heavy atom. The number of halogens is 2. The van der Waals surface area contributed by atoms with Crippen molar-refractivity contribution in [3.8, 4) is 0 Å². The molecule has 112 valence electrons. The smallest absolute Gasteiger partial charge is 0.243 e. The van der Waals surface area contributed by atoms with Crippen LogP contribution < -0.4 is 15.4 Å². The molecule has 0 aliphatic carbocycles. The summed E-state index contributed by atoms with van der Waals surface area (Å²) in [5.74, 6) is -1.43. The number of hydrogen-bond donors (Lipinski definition) is 3. The van der Waals surface area contributed by atoms with Crippen LogP contribution in [0.3, 0.4) is 0 Å². The van der Waals surface area contributed by atoms with Gasteiger partial charge in [-0.25, -0.2) is 17.5 Å². The van der Waals surface area contributed by atoms with E-state index < -0.39 is 26.6 Å². The number of benzene rings is 1. The van der Waals surface area contributed by atoms with Gasteiger partial charge in [-0.05, 0) is 13.1 Å². The molecule has 0 aliphatic rings. The van der Waals surface area contributed by atoms with Gasteiger partial charge >= 0.3 is 0 Å². The molecular weight excluding hydrogens is 309 g/mol. The largest absolute Gasteiger partial charge is 0.325 e. The van der Waals surface area contributed by atoms with Crippen LogP contribution in [0.15, 0.2) is 17.0 Å². The number of rotatable bonds is 6. The van der Waals surface area contributed by atoms with Crippen LogP contribution in [-0.2, 0) is 14.8 Å². The number of hydrogen-bond acceptors (Lipinski definition) is 4. The maximum absolute atomic E-state index is 13.8. The first-order valence-electron chi connectivity index (χ1n) is 5.69. The molecule has 0 atom stereocenters. The van der Waals surface area contributed by atoms with Gasteiger partial charge in [-0.2, -0.15) is 0 Å². The van der Waals surface area contributed by atoms with E-state index in [0.29, 0.717) is 6.54 Å². The van der Waals surface area contributed by atoms with Crippen molar-refractivity contribution in [3.63, 3.8) is 0 Å². The first-order valence-corrected chi connectivity index (χ1v) is 7.55. The van der Waals surface area contributed by atoms with Gasteiger partial charge in [0.2, 0.25) is 15.9 Å². The standard InChI is InChI=1S/C11H15ClFN3O3S/c1-7(17)16-10-6-9(13)11(5-8(10)12)20(18,19)15-4-3-14-2/h5-6,14-15H,3-4H2,1-2H3,(H,16,17). The van der Waals surface area contributed by atoms with E-state index in [1.54, 1.807) is 7.05 Å². The van der Waals surface area contributed by atoms with Crippen LogP contribution in [0.4, 0.5) is 10.1 Å². The Morgan fingerprint density at radius 2 is 2.00 bits per heavy atom. The lowest BCUT2D eigenvalue weighted by molar-refractivity contribution is -0.114. The average Bonchev–Trinajstić information content (AvgIpc) is 2.32. The summed E-state index contributed by atoms with van der Waals surface area (Å²) in [5, 5.41) is 5.00. The van der Waals surface area contributed by atoms with E-state index in [2.05, 4.69) is 15.4 Å². The predicted molar refractivity (Wildman–Crippen MR) is 74.8 cm³/mol. The molecule has 1 rings (SSSR count). The molecule has 0 aliphatic heterocycles. The lowest BCUT2D eigenvalue weighted by Crippen LogP contribution is -2.31. The third kappa shape index (κ3) is 4.41. The Bertz CT molecular complexity index is 607. The van der Waals surface area contributed by atoms with Crippen LogP contribution >= 0.6 is 11.6 Å². The van der Waals surface area contributed by atoms with Crippen molar-refractivity contribution in [2.24, 2.45) is 0 Å². The van der Waals surface area contributed by atoms with Gasteiger partial charge in [-0.15, -0.1) is 0 Å². The third-order valence-electron chi connectivity index (χ3n) is 2.29. The van der Waals surface area contributed by atoms with Crippen LogP contribution in [0.25, 0.3) is 0 Å². The van der Waals surface area contributed by atoms with Crippen molar-refractivity contribution in [1.29, 1.82) is 0 Å². The number of carbonyl (C=O) groups is 1. The summed E-state index contributed by atoms with van der Waals surface area (Å²) in [6.45, 7) is 1.75. The van der Waals surface area contributed by atoms with Gasteiger partial charge in [0.15, 0.2) is 0 Å². The fraction of sp³-hybridized carbons (Fsp3) is 0.364. The van der Waals surface area contributed by atoms with Gasteiger partial charge in [0.1, 0.15) is 10.7 Å². The van der Waals surface area contributed by atoms with Crippen molar-refractivity contribution in [1.82, 2.24) is 10.0 Å². The summed E-state index contributed by atoms with van der Waals surface area (Å²) in [4.78, 5) is 10.3. The highest BCUT2D eigenvalue weighted by molar-refractivity contribution is 7.89. The van der Waals surface area contributed by atoms with E-state index in [1.165, 1.54) is 6.92 Å². The van der Waals surface area contributed by atoms with Gasteiger partial charge in [0.05, 0.1) is 10.7 Å². The molecule has 1 aromatic carbocycles. The summed E-state index contributed by atoms with van der Waals surface area (Å²) >= 11 is 5.83.